The number of hydrogen-bond acceptors (Lipinski definition) is 3. The number of rotatable bonds is 5. The third-order valence-corrected chi connectivity index (χ3v) is 3.93. The second-order valence-corrected chi connectivity index (χ2v) is 5.16. The van der Waals surface area contributed by atoms with Gasteiger partial charge in [0.25, 0.3) is 0 Å². The molecule has 1 aliphatic carbocycles. The van der Waals surface area contributed by atoms with Crippen LogP contribution in [-0.2, 0) is 11.2 Å². The molecule has 0 spiro atoms. The molecular formula is C15H21NO3. The number of anilines is 1. The van der Waals surface area contributed by atoms with Crippen molar-refractivity contribution in [3.8, 4) is 5.75 Å². The molecule has 1 aromatic rings. The molecular weight excluding hydrogens is 242 g/mol. The number of benzene rings is 1. The van der Waals surface area contributed by atoms with Crippen LogP contribution >= 0.6 is 0 Å². The molecule has 0 atom stereocenters. The Hall–Kier alpha value is -1.55. The zero-order valence-corrected chi connectivity index (χ0v) is 11.8. The second-order valence-electron chi connectivity index (χ2n) is 5.16. The summed E-state index contributed by atoms with van der Waals surface area (Å²) in [6.45, 7) is 2.00. The number of aliphatic hydroxyl groups excluding tert-OH is 1. The van der Waals surface area contributed by atoms with E-state index in [0.29, 0.717) is 5.75 Å². The van der Waals surface area contributed by atoms with Crippen LogP contribution in [0.1, 0.15) is 25.3 Å². The van der Waals surface area contributed by atoms with E-state index >= 15 is 0 Å². The highest BCUT2D eigenvalue weighted by molar-refractivity contribution is 6.00. The highest BCUT2D eigenvalue weighted by atomic mass is 16.5. The van der Waals surface area contributed by atoms with E-state index in [2.05, 4.69) is 6.92 Å². The molecule has 1 amide bonds. The molecule has 0 aromatic heterocycles. The number of amides is 1. The van der Waals surface area contributed by atoms with Gasteiger partial charge in [-0.1, -0.05) is 13.0 Å². The lowest BCUT2D eigenvalue weighted by molar-refractivity contribution is -0.124. The lowest BCUT2D eigenvalue weighted by Crippen LogP contribution is -2.36. The third kappa shape index (κ3) is 2.45. The van der Waals surface area contributed by atoms with E-state index in [1.165, 1.54) is 0 Å². The van der Waals surface area contributed by atoms with Gasteiger partial charge in [-0.05, 0) is 37.0 Å². The second kappa shape index (κ2) is 5.21. The average Bonchev–Trinajstić information content (AvgIpc) is 3.26. The van der Waals surface area contributed by atoms with Gasteiger partial charge in [0.15, 0.2) is 0 Å². The van der Waals surface area contributed by atoms with Crippen LogP contribution < -0.4 is 9.64 Å². The minimum atomic E-state index is -0.554. The Kier molecular flexibility index (Phi) is 3.80. The van der Waals surface area contributed by atoms with Gasteiger partial charge in [0.1, 0.15) is 5.75 Å². The molecule has 1 aromatic carbocycles. The predicted octanol–water partition coefficient (Wildman–Crippen LogP) is 1.99. The van der Waals surface area contributed by atoms with Gasteiger partial charge in [-0.25, -0.2) is 0 Å². The number of hydrogen-bond donors (Lipinski definition) is 1. The Labute approximate surface area is 114 Å². The van der Waals surface area contributed by atoms with Crippen molar-refractivity contribution < 1.29 is 14.6 Å². The van der Waals surface area contributed by atoms with Gasteiger partial charge in [0.2, 0.25) is 5.91 Å². The van der Waals surface area contributed by atoms with Crippen LogP contribution in [0.25, 0.3) is 0 Å². The van der Waals surface area contributed by atoms with E-state index in [4.69, 9.17) is 4.74 Å². The monoisotopic (exact) mass is 263 g/mol. The summed E-state index contributed by atoms with van der Waals surface area (Å²) in [5.74, 6) is 0.656. The number of aliphatic hydroxyl groups is 1. The van der Waals surface area contributed by atoms with Crippen molar-refractivity contribution in [2.45, 2.75) is 26.2 Å². The minimum Gasteiger partial charge on any atom is -0.495 e. The zero-order valence-electron chi connectivity index (χ0n) is 11.8. The van der Waals surface area contributed by atoms with Gasteiger partial charge < -0.3 is 14.7 Å². The lowest BCUT2D eigenvalue weighted by atomic mass is 10.1. The van der Waals surface area contributed by atoms with E-state index in [1.54, 1.807) is 19.1 Å². The van der Waals surface area contributed by atoms with E-state index in [1.807, 2.05) is 18.2 Å². The molecule has 1 saturated carbocycles. The molecule has 104 valence electrons. The largest absolute Gasteiger partial charge is 0.495 e. The molecule has 0 saturated heterocycles. The number of methoxy groups -OCH3 is 1. The Bertz CT molecular complexity index is 480. The van der Waals surface area contributed by atoms with Crippen molar-refractivity contribution in [3.05, 3.63) is 23.8 Å². The molecule has 0 bridgehead atoms. The first-order valence-corrected chi connectivity index (χ1v) is 6.64. The summed E-state index contributed by atoms with van der Waals surface area (Å²) in [6.07, 6.45) is 2.44. The van der Waals surface area contributed by atoms with E-state index in [9.17, 15) is 9.90 Å². The van der Waals surface area contributed by atoms with Crippen LogP contribution in [0.15, 0.2) is 18.2 Å². The standard InChI is InChI=1S/C15H21NO3/c1-4-11-5-6-13(19-3)12(9-11)16(2)14(18)15(10-17)7-8-15/h5-6,9,17H,4,7-8,10H2,1-3H3. The van der Waals surface area contributed by atoms with Crippen LogP contribution in [0.3, 0.4) is 0 Å². The van der Waals surface area contributed by atoms with Crippen LogP contribution in [0.2, 0.25) is 0 Å². The SMILES string of the molecule is CCc1ccc(OC)c(N(C)C(=O)C2(CO)CC2)c1. The smallest absolute Gasteiger partial charge is 0.235 e. The highest BCUT2D eigenvalue weighted by Crippen LogP contribution is 2.47. The molecule has 1 fully saturated rings. The first-order valence-electron chi connectivity index (χ1n) is 6.64. The molecule has 0 radical (unpaired) electrons. The van der Waals surface area contributed by atoms with Gasteiger partial charge in [0.05, 0.1) is 24.8 Å². The predicted molar refractivity (Wildman–Crippen MR) is 74.5 cm³/mol. The molecule has 1 N–H and O–H groups in total. The fraction of sp³-hybridized carbons (Fsp3) is 0.533. The molecule has 4 heteroatoms. The number of aryl methyl sites for hydroxylation is 1. The quantitative estimate of drug-likeness (QED) is 0.884. The van der Waals surface area contributed by atoms with Gasteiger partial charge >= 0.3 is 0 Å². The topological polar surface area (TPSA) is 49.8 Å². The molecule has 0 aliphatic heterocycles. The van der Waals surface area contributed by atoms with Crippen LogP contribution in [-0.4, -0.2) is 31.8 Å². The summed E-state index contributed by atoms with van der Waals surface area (Å²) in [6, 6.07) is 5.86. The molecule has 19 heavy (non-hydrogen) atoms. The summed E-state index contributed by atoms with van der Waals surface area (Å²) in [4.78, 5) is 14.0. The summed E-state index contributed by atoms with van der Waals surface area (Å²) in [7, 11) is 3.34. The Morgan fingerprint density at radius 1 is 1.47 bits per heavy atom. The van der Waals surface area contributed by atoms with Gasteiger partial charge in [-0.2, -0.15) is 0 Å². The van der Waals surface area contributed by atoms with Crippen LogP contribution in [0, 0.1) is 5.41 Å². The number of carbonyl (C=O) groups excluding carboxylic acids is 1. The van der Waals surface area contributed by atoms with E-state index in [-0.39, 0.29) is 12.5 Å². The first kappa shape index (κ1) is 13.9. The van der Waals surface area contributed by atoms with Gasteiger partial charge in [-0.15, -0.1) is 0 Å². The maximum absolute atomic E-state index is 12.4. The number of nitrogens with zero attached hydrogens (tertiary/aromatic N) is 1. The van der Waals surface area contributed by atoms with Gasteiger partial charge in [0, 0.05) is 7.05 Å². The van der Waals surface area contributed by atoms with Crippen LogP contribution in [0.5, 0.6) is 5.75 Å². The Morgan fingerprint density at radius 3 is 2.63 bits per heavy atom. The summed E-state index contributed by atoms with van der Waals surface area (Å²) in [5, 5.41) is 9.37. The molecule has 0 unspecified atom stereocenters. The molecule has 4 nitrogen and oxygen atoms in total. The first-order chi connectivity index (χ1) is 9.07. The van der Waals surface area contributed by atoms with Crippen molar-refractivity contribution in [1.29, 1.82) is 0 Å². The van der Waals surface area contributed by atoms with Crippen LogP contribution in [0.4, 0.5) is 5.69 Å². The van der Waals surface area contributed by atoms with Crippen molar-refractivity contribution in [2.75, 3.05) is 25.7 Å². The number of carbonyl (C=O) groups is 1. The maximum Gasteiger partial charge on any atom is 0.235 e. The third-order valence-electron chi connectivity index (χ3n) is 3.93. The molecule has 0 heterocycles. The van der Waals surface area contributed by atoms with E-state index in [0.717, 1.165) is 30.5 Å². The fourth-order valence-corrected chi connectivity index (χ4v) is 2.27. The normalized spacial score (nSPS) is 16.0. The summed E-state index contributed by atoms with van der Waals surface area (Å²) in [5.41, 5.74) is 1.37. The summed E-state index contributed by atoms with van der Waals surface area (Å²) >= 11 is 0. The zero-order chi connectivity index (χ0) is 14.0. The summed E-state index contributed by atoms with van der Waals surface area (Å²) < 4.78 is 5.33. The van der Waals surface area contributed by atoms with E-state index < -0.39 is 5.41 Å². The van der Waals surface area contributed by atoms with Crippen molar-refractivity contribution in [2.24, 2.45) is 5.41 Å². The lowest BCUT2D eigenvalue weighted by Gasteiger charge is -2.24. The minimum absolute atomic E-state index is 0.0263. The van der Waals surface area contributed by atoms with Gasteiger partial charge in [-0.3, -0.25) is 4.79 Å². The van der Waals surface area contributed by atoms with Crippen molar-refractivity contribution >= 4 is 11.6 Å². The Balaban J connectivity index is 2.32. The average molecular weight is 263 g/mol. The van der Waals surface area contributed by atoms with Crippen molar-refractivity contribution in [1.82, 2.24) is 0 Å². The number of ether oxygens (including phenoxy) is 1. The van der Waals surface area contributed by atoms with Crippen molar-refractivity contribution in [3.63, 3.8) is 0 Å². The molecule has 2 rings (SSSR count). The fourth-order valence-electron chi connectivity index (χ4n) is 2.27. The Morgan fingerprint density at radius 2 is 2.16 bits per heavy atom. The highest BCUT2D eigenvalue weighted by Gasteiger charge is 2.51. The molecule has 1 aliphatic rings. The maximum atomic E-state index is 12.4.